The Morgan fingerprint density at radius 3 is 2.27 bits per heavy atom. The first-order valence-corrected chi connectivity index (χ1v) is 10.3. The lowest BCUT2D eigenvalue weighted by Crippen LogP contribution is -2.22. The summed E-state index contributed by atoms with van der Waals surface area (Å²) in [5.74, 6) is 0. The third-order valence-corrected chi connectivity index (χ3v) is 6.29. The molecule has 0 amide bonds. The van der Waals surface area contributed by atoms with Crippen molar-refractivity contribution >= 4 is 49.4 Å². The summed E-state index contributed by atoms with van der Waals surface area (Å²) in [5, 5.41) is 1.84. The third-order valence-electron chi connectivity index (χ3n) is 6.29. The zero-order chi connectivity index (χ0) is 20.4. The van der Waals surface area contributed by atoms with E-state index in [9.17, 15) is 9.59 Å². The Morgan fingerprint density at radius 2 is 1.53 bits per heavy atom. The zero-order valence-corrected chi connectivity index (χ0v) is 16.6. The summed E-state index contributed by atoms with van der Waals surface area (Å²) in [4.78, 5) is 32.8. The molecule has 1 aliphatic heterocycles. The predicted octanol–water partition coefficient (Wildman–Crippen LogP) is 4.85. The molecule has 5 nitrogen and oxygen atoms in total. The first kappa shape index (κ1) is 17.3. The van der Waals surface area contributed by atoms with Crippen LogP contribution in [-0.4, -0.2) is 18.1 Å². The smallest absolute Gasteiger partial charge is 0.196 e. The van der Waals surface area contributed by atoms with Crippen LogP contribution in [-0.2, 0) is 0 Å². The molecule has 148 valence electrons. The molecule has 6 rings (SSSR count). The standard InChI is InChI=1S/C25H20N2O3/c1-14-7-6-10-18-22(14)26-23-19(30-18)13-17(27-11-4-5-12-27)20-21(23)25(29)16-9-3-2-8-15(16)24(20)28/h2-3,6-10,13,26H,4-5,11-12H2,1H3. The first-order valence-electron chi connectivity index (χ1n) is 10.3. The van der Waals surface area contributed by atoms with Crippen LogP contribution in [0.15, 0.2) is 62.5 Å². The van der Waals surface area contributed by atoms with E-state index in [0.29, 0.717) is 32.6 Å². The van der Waals surface area contributed by atoms with Crippen LogP contribution in [0.3, 0.4) is 0 Å². The van der Waals surface area contributed by atoms with Crippen molar-refractivity contribution in [3.05, 3.63) is 74.5 Å². The Bertz CT molecular complexity index is 1600. The molecule has 1 saturated heterocycles. The second-order valence-corrected chi connectivity index (χ2v) is 8.09. The van der Waals surface area contributed by atoms with Crippen LogP contribution in [0, 0.1) is 6.92 Å². The highest BCUT2D eigenvalue weighted by Crippen LogP contribution is 2.34. The summed E-state index contributed by atoms with van der Waals surface area (Å²) >= 11 is 0. The van der Waals surface area contributed by atoms with Gasteiger partial charge in [0.2, 0.25) is 0 Å². The molecule has 1 fully saturated rings. The Kier molecular flexibility index (Phi) is 3.57. The number of para-hydroxylation sites is 1. The van der Waals surface area contributed by atoms with Crippen molar-refractivity contribution in [2.24, 2.45) is 0 Å². The predicted molar refractivity (Wildman–Crippen MR) is 122 cm³/mol. The fraction of sp³-hybridized carbons (Fsp3) is 0.200. The molecule has 0 atom stereocenters. The van der Waals surface area contributed by atoms with Crippen molar-refractivity contribution in [2.75, 3.05) is 18.0 Å². The Labute approximate surface area is 171 Å². The number of aromatic amines is 1. The Morgan fingerprint density at radius 1 is 0.833 bits per heavy atom. The molecule has 1 N–H and O–H groups in total. The summed E-state index contributed by atoms with van der Waals surface area (Å²) in [7, 11) is 0. The van der Waals surface area contributed by atoms with Crippen LogP contribution in [0.4, 0.5) is 5.69 Å². The van der Waals surface area contributed by atoms with Gasteiger partial charge < -0.3 is 14.3 Å². The van der Waals surface area contributed by atoms with Crippen molar-refractivity contribution in [2.45, 2.75) is 19.8 Å². The minimum Gasteiger partial charge on any atom is -0.453 e. The number of benzene rings is 4. The average molecular weight is 396 g/mol. The monoisotopic (exact) mass is 396 g/mol. The van der Waals surface area contributed by atoms with E-state index in [1.165, 1.54) is 0 Å². The normalized spacial score (nSPS) is 14.5. The van der Waals surface area contributed by atoms with E-state index in [-0.39, 0.29) is 10.9 Å². The number of aryl methyl sites for hydroxylation is 1. The van der Waals surface area contributed by atoms with Gasteiger partial charge in [-0.15, -0.1) is 0 Å². The highest BCUT2D eigenvalue weighted by molar-refractivity contribution is 6.15. The van der Waals surface area contributed by atoms with Gasteiger partial charge in [0.05, 0.1) is 27.5 Å². The molecule has 30 heavy (non-hydrogen) atoms. The molecule has 0 bridgehead atoms. The number of hydrogen-bond acceptors (Lipinski definition) is 4. The summed E-state index contributed by atoms with van der Waals surface area (Å²) in [5.41, 5.74) is 4.33. The van der Waals surface area contributed by atoms with E-state index in [1.807, 2.05) is 37.3 Å². The van der Waals surface area contributed by atoms with Crippen LogP contribution in [0.5, 0.6) is 0 Å². The van der Waals surface area contributed by atoms with Crippen molar-refractivity contribution in [3.8, 4) is 0 Å². The van der Waals surface area contributed by atoms with Gasteiger partial charge in [-0.05, 0) is 31.4 Å². The third kappa shape index (κ3) is 2.29. The second-order valence-electron chi connectivity index (χ2n) is 8.09. The molecular formula is C25H20N2O3. The van der Waals surface area contributed by atoms with Gasteiger partial charge in [-0.3, -0.25) is 9.59 Å². The maximum atomic E-state index is 13.6. The van der Waals surface area contributed by atoms with Crippen LogP contribution in [0.1, 0.15) is 18.4 Å². The number of fused-ring (bicyclic) bond motifs is 5. The molecule has 0 unspecified atom stereocenters. The van der Waals surface area contributed by atoms with Crippen molar-refractivity contribution in [1.29, 1.82) is 0 Å². The Balaban J connectivity index is 1.91. The lowest BCUT2D eigenvalue weighted by Gasteiger charge is -2.20. The van der Waals surface area contributed by atoms with Gasteiger partial charge in [-0.2, -0.15) is 0 Å². The molecule has 5 aromatic rings. The molecule has 5 heteroatoms. The van der Waals surface area contributed by atoms with Gasteiger partial charge in [-0.1, -0.05) is 36.4 Å². The van der Waals surface area contributed by atoms with E-state index < -0.39 is 0 Å². The topological polar surface area (TPSA) is 66.3 Å². The molecular weight excluding hydrogens is 376 g/mol. The first-order chi connectivity index (χ1) is 14.6. The van der Waals surface area contributed by atoms with Gasteiger partial charge in [-0.25, -0.2) is 0 Å². The van der Waals surface area contributed by atoms with Crippen LogP contribution in [0.25, 0.3) is 43.7 Å². The van der Waals surface area contributed by atoms with E-state index in [2.05, 4.69) is 9.88 Å². The Hall–Kier alpha value is -3.60. The SMILES string of the molecule is Cc1cccc2oc3cc(N4CCCC4)c4c(=O)c5ccccc5c(=O)c4c3[nH]c12. The van der Waals surface area contributed by atoms with E-state index in [0.717, 1.165) is 48.3 Å². The lowest BCUT2D eigenvalue weighted by molar-refractivity contribution is 0.657. The molecule has 0 saturated carbocycles. The molecule has 0 aliphatic carbocycles. The van der Waals surface area contributed by atoms with E-state index >= 15 is 0 Å². The van der Waals surface area contributed by atoms with Crippen molar-refractivity contribution < 1.29 is 4.42 Å². The summed E-state index contributed by atoms with van der Waals surface area (Å²) in [6, 6.07) is 14.9. The fourth-order valence-corrected chi connectivity index (χ4v) is 4.79. The minimum absolute atomic E-state index is 0.0951. The number of nitrogens with zero attached hydrogens (tertiary/aromatic N) is 1. The van der Waals surface area contributed by atoms with E-state index in [4.69, 9.17) is 4.42 Å². The minimum atomic E-state index is -0.134. The number of anilines is 1. The van der Waals surface area contributed by atoms with E-state index in [1.54, 1.807) is 18.2 Å². The number of H-pyrrole nitrogens is 1. The number of hydrogen-bond donors (Lipinski definition) is 1. The molecule has 4 aromatic carbocycles. The van der Waals surface area contributed by atoms with Crippen molar-refractivity contribution in [3.63, 3.8) is 0 Å². The molecule has 2 heterocycles. The van der Waals surface area contributed by atoms with Gasteiger partial charge in [0.25, 0.3) is 0 Å². The number of rotatable bonds is 1. The summed E-state index contributed by atoms with van der Waals surface area (Å²) in [6.07, 6.45) is 2.15. The van der Waals surface area contributed by atoms with Gasteiger partial charge in [0.15, 0.2) is 22.0 Å². The van der Waals surface area contributed by atoms with Crippen LogP contribution in [0.2, 0.25) is 0 Å². The fourth-order valence-electron chi connectivity index (χ4n) is 4.79. The van der Waals surface area contributed by atoms with Gasteiger partial charge in [0, 0.05) is 29.9 Å². The summed E-state index contributed by atoms with van der Waals surface area (Å²) in [6.45, 7) is 3.74. The maximum Gasteiger partial charge on any atom is 0.196 e. The molecule has 1 aliphatic rings. The zero-order valence-electron chi connectivity index (χ0n) is 16.6. The largest absolute Gasteiger partial charge is 0.453 e. The number of aromatic nitrogens is 1. The van der Waals surface area contributed by atoms with Crippen LogP contribution < -0.4 is 15.8 Å². The number of nitrogens with one attached hydrogen (secondary N) is 1. The average Bonchev–Trinajstić information content (AvgIpc) is 3.30. The van der Waals surface area contributed by atoms with Gasteiger partial charge >= 0.3 is 0 Å². The molecule has 0 spiro atoms. The lowest BCUT2D eigenvalue weighted by atomic mass is 9.99. The summed E-state index contributed by atoms with van der Waals surface area (Å²) < 4.78 is 6.24. The molecule has 1 aromatic heterocycles. The highest BCUT2D eigenvalue weighted by Gasteiger charge is 2.23. The molecule has 0 radical (unpaired) electrons. The quantitative estimate of drug-likeness (QED) is 0.325. The maximum absolute atomic E-state index is 13.6. The van der Waals surface area contributed by atoms with Gasteiger partial charge in [0.1, 0.15) is 0 Å². The second kappa shape index (κ2) is 6.20. The van der Waals surface area contributed by atoms with Crippen molar-refractivity contribution in [1.82, 2.24) is 4.98 Å². The highest BCUT2D eigenvalue weighted by atomic mass is 16.3. The van der Waals surface area contributed by atoms with Crippen LogP contribution >= 0.6 is 0 Å².